The van der Waals surface area contributed by atoms with E-state index in [9.17, 15) is 9.59 Å². The molecule has 82 valence electrons. The summed E-state index contributed by atoms with van der Waals surface area (Å²) < 4.78 is 0. The van der Waals surface area contributed by atoms with Crippen LogP contribution in [-0.2, 0) is 9.59 Å². The Bertz CT molecular complexity index is 491. The fourth-order valence-electron chi connectivity index (χ4n) is 1.65. The molecule has 0 aromatic heterocycles. The minimum atomic E-state index is -1.04. The molecule has 1 aliphatic heterocycles. The van der Waals surface area contributed by atoms with E-state index >= 15 is 0 Å². The molecule has 1 amide bonds. The zero-order valence-electron chi connectivity index (χ0n) is 8.80. The van der Waals surface area contributed by atoms with Gasteiger partial charge in [-0.2, -0.15) is 0 Å². The highest BCUT2D eigenvalue weighted by atomic mass is 16.4. The summed E-state index contributed by atoms with van der Waals surface area (Å²) in [6.07, 6.45) is 1.35. The van der Waals surface area contributed by atoms with Gasteiger partial charge in [0.05, 0.1) is 12.0 Å². The molecule has 0 atom stereocenters. The molecule has 1 N–H and O–H groups in total. The average molecular weight is 217 g/mol. The maximum atomic E-state index is 11.6. The van der Waals surface area contributed by atoms with E-state index < -0.39 is 5.97 Å². The molecule has 1 aliphatic rings. The second kappa shape index (κ2) is 3.81. The van der Waals surface area contributed by atoms with Gasteiger partial charge in [0.2, 0.25) is 5.91 Å². The molecule has 0 aliphatic carbocycles. The third-order valence-electron chi connectivity index (χ3n) is 2.45. The van der Waals surface area contributed by atoms with Gasteiger partial charge in [-0.15, -0.1) is 0 Å². The lowest BCUT2D eigenvalue weighted by Gasteiger charge is -2.13. The number of carbonyl (C=O) groups excluding carboxylic acids is 1. The first-order chi connectivity index (χ1) is 7.58. The predicted octanol–water partition coefficient (Wildman–Crippen LogP) is 1.70. The summed E-state index contributed by atoms with van der Waals surface area (Å²) in [5.41, 5.74) is 1.87. The molecule has 1 aromatic rings. The maximum absolute atomic E-state index is 11.6. The smallest absolute Gasteiger partial charge is 0.333 e. The van der Waals surface area contributed by atoms with Crippen molar-refractivity contribution in [3.05, 3.63) is 41.6 Å². The van der Waals surface area contributed by atoms with Gasteiger partial charge >= 0.3 is 5.97 Å². The lowest BCUT2D eigenvalue weighted by molar-refractivity contribution is -0.133. The Morgan fingerprint density at radius 2 is 2.19 bits per heavy atom. The van der Waals surface area contributed by atoms with Crippen molar-refractivity contribution in [2.75, 3.05) is 4.90 Å². The van der Waals surface area contributed by atoms with Crippen molar-refractivity contribution >= 4 is 17.6 Å². The molecule has 0 saturated heterocycles. The van der Waals surface area contributed by atoms with E-state index in [1.54, 1.807) is 6.07 Å². The number of benzene rings is 1. The van der Waals surface area contributed by atoms with E-state index in [1.165, 1.54) is 11.1 Å². The monoisotopic (exact) mass is 217 g/mol. The van der Waals surface area contributed by atoms with Crippen molar-refractivity contribution in [1.29, 1.82) is 0 Å². The largest absolute Gasteiger partial charge is 0.478 e. The molecule has 0 fully saturated rings. The van der Waals surface area contributed by atoms with Crippen LogP contribution in [0.15, 0.2) is 36.0 Å². The average Bonchev–Trinajstić information content (AvgIpc) is 2.60. The number of hydrogen-bond donors (Lipinski definition) is 1. The molecule has 16 heavy (non-hydrogen) atoms. The van der Waals surface area contributed by atoms with Crippen molar-refractivity contribution in [1.82, 2.24) is 0 Å². The molecule has 1 heterocycles. The second-order valence-corrected chi connectivity index (χ2v) is 3.74. The number of carbonyl (C=O) groups is 2. The maximum Gasteiger partial charge on any atom is 0.333 e. The van der Waals surface area contributed by atoms with E-state index in [4.69, 9.17) is 5.11 Å². The topological polar surface area (TPSA) is 57.6 Å². The minimum absolute atomic E-state index is 0.0384. The summed E-state index contributed by atoms with van der Waals surface area (Å²) >= 11 is 0. The molecule has 2 rings (SSSR count). The van der Waals surface area contributed by atoms with Gasteiger partial charge < -0.3 is 5.11 Å². The Balaban J connectivity index is 2.35. The summed E-state index contributed by atoms with van der Waals surface area (Å²) in [6, 6.07) is 7.39. The first kappa shape index (κ1) is 10.4. The highest BCUT2D eigenvalue weighted by Gasteiger charge is 2.26. The number of anilines is 1. The van der Waals surface area contributed by atoms with Crippen molar-refractivity contribution in [3.63, 3.8) is 0 Å². The molecule has 4 heteroatoms. The van der Waals surface area contributed by atoms with E-state index in [1.807, 2.05) is 25.1 Å². The van der Waals surface area contributed by atoms with Gasteiger partial charge in [-0.1, -0.05) is 12.1 Å². The van der Waals surface area contributed by atoms with Crippen LogP contribution in [0.5, 0.6) is 0 Å². The summed E-state index contributed by atoms with van der Waals surface area (Å²) in [7, 11) is 0. The van der Waals surface area contributed by atoms with Gasteiger partial charge in [-0.3, -0.25) is 9.69 Å². The number of rotatable bonds is 2. The number of hydrogen-bond acceptors (Lipinski definition) is 2. The molecular formula is C12H11NO3. The lowest BCUT2D eigenvalue weighted by Crippen LogP contribution is -2.19. The number of carboxylic acids is 1. The first-order valence-corrected chi connectivity index (χ1v) is 4.90. The third kappa shape index (κ3) is 1.82. The fourth-order valence-corrected chi connectivity index (χ4v) is 1.65. The summed E-state index contributed by atoms with van der Waals surface area (Å²) in [5.74, 6) is -1.24. The Kier molecular flexibility index (Phi) is 2.48. The van der Waals surface area contributed by atoms with Crippen molar-refractivity contribution in [2.45, 2.75) is 13.3 Å². The summed E-state index contributed by atoms with van der Waals surface area (Å²) in [5, 5.41) is 8.80. The van der Waals surface area contributed by atoms with Gasteiger partial charge in [-0.25, -0.2) is 4.79 Å². The predicted molar refractivity (Wildman–Crippen MR) is 59.0 cm³/mol. The Morgan fingerprint density at radius 3 is 2.75 bits per heavy atom. The van der Waals surface area contributed by atoms with Crippen LogP contribution in [0.2, 0.25) is 0 Å². The molecule has 0 saturated carbocycles. The van der Waals surface area contributed by atoms with Crippen molar-refractivity contribution < 1.29 is 14.7 Å². The van der Waals surface area contributed by atoms with Gasteiger partial charge in [0, 0.05) is 11.9 Å². The van der Waals surface area contributed by atoms with Crippen molar-refractivity contribution in [3.8, 4) is 0 Å². The number of nitrogens with zero attached hydrogens (tertiary/aromatic N) is 1. The number of amides is 1. The van der Waals surface area contributed by atoms with E-state index in [0.29, 0.717) is 5.69 Å². The standard InChI is InChI=1S/C12H11NO3/c1-8-3-2-4-10(5-8)13-7-9(12(15)16)6-11(13)14/h2-5,7H,6H2,1H3,(H,15,16). The zero-order chi connectivity index (χ0) is 11.7. The first-order valence-electron chi connectivity index (χ1n) is 4.90. The van der Waals surface area contributed by atoms with Crippen LogP contribution in [0.25, 0.3) is 0 Å². The van der Waals surface area contributed by atoms with E-state index in [0.717, 1.165) is 5.56 Å². The van der Waals surface area contributed by atoms with E-state index in [2.05, 4.69) is 0 Å². The van der Waals surface area contributed by atoms with Crippen molar-refractivity contribution in [2.24, 2.45) is 0 Å². The molecule has 0 bridgehead atoms. The molecule has 1 aromatic carbocycles. The van der Waals surface area contributed by atoms with Crippen LogP contribution in [0, 0.1) is 6.92 Å². The number of aliphatic carboxylic acids is 1. The Labute approximate surface area is 92.8 Å². The molecule has 0 spiro atoms. The van der Waals surface area contributed by atoms with Crippen LogP contribution >= 0.6 is 0 Å². The minimum Gasteiger partial charge on any atom is -0.478 e. The summed E-state index contributed by atoms with van der Waals surface area (Å²) in [4.78, 5) is 23.7. The zero-order valence-corrected chi connectivity index (χ0v) is 8.80. The lowest BCUT2D eigenvalue weighted by atomic mass is 10.2. The van der Waals surface area contributed by atoms with Crippen LogP contribution < -0.4 is 4.90 Å². The Hall–Kier alpha value is -2.10. The van der Waals surface area contributed by atoms with Gasteiger partial charge in [0.25, 0.3) is 0 Å². The normalized spacial score (nSPS) is 15.2. The van der Waals surface area contributed by atoms with Crippen LogP contribution in [0.4, 0.5) is 5.69 Å². The molecule has 0 unspecified atom stereocenters. The molecule has 0 radical (unpaired) electrons. The van der Waals surface area contributed by atoms with Gasteiger partial charge in [-0.05, 0) is 24.6 Å². The fraction of sp³-hybridized carbons (Fsp3) is 0.167. The Morgan fingerprint density at radius 1 is 1.44 bits per heavy atom. The van der Waals surface area contributed by atoms with Crippen LogP contribution in [0.3, 0.4) is 0 Å². The van der Waals surface area contributed by atoms with E-state index in [-0.39, 0.29) is 17.9 Å². The van der Waals surface area contributed by atoms with Crippen LogP contribution in [0.1, 0.15) is 12.0 Å². The SMILES string of the molecule is Cc1cccc(N2C=C(C(=O)O)CC2=O)c1. The van der Waals surface area contributed by atoms with Gasteiger partial charge in [0.1, 0.15) is 0 Å². The molecular weight excluding hydrogens is 206 g/mol. The van der Waals surface area contributed by atoms with Crippen LogP contribution in [-0.4, -0.2) is 17.0 Å². The number of aryl methyl sites for hydroxylation is 1. The quantitative estimate of drug-likeness (QED) is 0.820. The third-order valence-corrected chi connectivity index (χ3v) is 2.45. The number of carboxylic acid groups (broad SMARTS) is 1. The highest BCUT2D eigenvalue weighted by molar-refractivity contribution is 6.07. The highest BCUT2D eigenvalue weighted by Crippen LogP contribution is 2.24. The van der Waals surface area contributed by atoms with Gasteiger partial charge in [0.15, 0.2) is 0 Å². The second-order valence-electron chi connectivity index (χ2n) is 3.74. The summed E-state index contributed by atoms with van der Waals surface area (Å²) in [6.45, 7) is 1.92. The molecule has 4 nitrogen and oxygen atoms in total.